The number of fused-ring (bicyclic) bond motifs is 1. The number of methoxy groups -OCH3 is 1. The van der Waals surface area contributed by atoms with E-state index in [1.807, 2.05) is 6.20 Å². The van der Waals surface area contributed by atoms with E-state index in [1.165, 1.54) is 16.9 Å². The van der Waals surface area contributed by atoms with Gasteiger partial charge < -0.3 is 10.1 Å². The number of aryl methyl sites for hydroxylation is 1. The molecule has 0 saturated carbocycles. The zero-order valence-electron chi connectivity index (χ0n) is 15.5. The molecular weight excluding hydrogens is 334 g/mol. The standard InChI is InChI=1S/C19H27N3O2S/c1-19(2,3)14-5-6-16-13(9-14)10-17(25-16)18(23)21-15-11-20-22(12-15)7-8-24-4/h10-12,14H,5-9H2,1-4H3,(H,21,23)/t14-/m1/s1. The molecule has 25 heavy (non-hydrogen) atoms. The van der Waals surface area contributed by atoms with E-state index in [-0.39, 0.29) is 5.91 Å². The highest BCUT2D eigenvalue weighted by Crippen LogP contribution is 2.40. The summed E-state index contributed by atoms with van der Waals surface area (Å²) in [4.78, 5) is 14.7. The van der Waals surface area contributed by atoms with Crippen molar-refractivity contribution in [2.24, 2.45) is 11.3 Å². The van der Waals surface area contributed by atoms with Gasteiger partial charge in [-0.15, -0.1) is 11.3 Å². The number of carbonyl (C=O) groups excluding carboxylic acids is 1. The molecule has 1 N–H and O–H groups in total. The number of ether oxygens (including phenoxy) is 1. The maximum atomic E-state index is 12.6. The molecular formula is C19H27N3O2S. The summed E-state index contributed by atoms with van der Waals surface area (Å²) in [6.07, 6.45) is 6.89. The molecule has 0 bridgehead atoms. The molecule has 3 rings (SSSR count). The number of anilines is 1. The Morgan fingerprint density at radius 1 is 1.48 bits per heavy atom. The lowest BCUT2D eigenvalue weighted by Crippen LogP contribution is -2.26. The van der Waals surface area contributed by atoms with E-state index in [0.717, 1.165) is 23.4 Å². The summed E-state index contributed by atoms with van der Waals surface area (Å²) in [5, 5.41) is 7.18. The van der Waals surface area contributed by atoms with Gasteiger partial charge in [0.15, 0.2) is 0 Å². The van der Waals surface area contributed by atoms with Crippen LogP contribution in [0.15, 0.2) is 18.5 Å². The lowest BCUT2D eigenvalue weighted by atomic mass is 9.72. The summed E-state index contributed by atoms with van der Waals surface area (Å²) in [7, 11) is 1.66. The van der Waals surface area contributed by atoms with Crippen LogP contribution in [-0.2, 0) is 24.1 Å². The number of carbonyl (C=O) groups is 1. The molecule has 1 aliphatic carbocycles. The van der Waals surface area contributed by atoms with E-state index >= 15 is 0 Å². The highest BCUT2D eigenvalue weighted by Gasteiger charge is 2.30. The first-order valence-corrected chi connectivity index (χ1v) is 9.63. The summed E-state index contributed by atoms with van der Waals surface area (Å²) < 4.78 is 6.81. The second-order valence-electron chi connectivity index (χ2n) is 7.80. The number of thiophene rings is 1. The van der Waals surface area contributed by atoms with Crippen LogP contribution in [0, 0.1) is 11.3 Å². The van der Waals surface area contributed by atoms with Crippen LogP contribution in [0.5, 0.6) is 0 Å². The van der Waals surface area contributed by atoms with Gasteiger partial charge in [-0.2, -0.15) is 5.10 Å². The zero-order valence-corrected chi connectivity index (χ0v) is 16.3. The molecule has 1 atom stereocenters. The van der Waals surface area contributed by atoms with Gasteiger partial charge in [-0.1, -0.05) is 20.8 Å². The van der Waals surface area contributed by atoms with E-state index in [0.29, 0.717) is 24.5 Å². The number of hydrogen-bond acceptors (Lipinski definition) is 4. The predicted octanol–water partition coefficient (Wildman–Crippen LogP) is 3.99. The van der Waals surface area contributed by atoms with E-state index < -0.39 is 0 Å². The predicted molar refractivity (Wildman–Crippen MR) is 101 cm³/mol. The lowest BCUT2D eigenvalue weighted by Gasteiger charge is -2.33. The molecule has 0 radical (unpaired) electrons. The molecule has 2 heterocycles. The number of amides is 1. The van der Waals surface area contributed by atoms with Crippen molar-refractivity contribution < 1.29 is 9.53 Å². The molecule has 0 aromatic carbocycles. The van der Waals surface area contributed by atoms with Crippen LogP contribution in [0.3, 0.4) is 0 Å². The highest BCUT2D eigenvalue weighted by atomic mass is 32.1. The van der Waals surface area contributed by atoms with E-state index in [1.54, 1.807) is 29.3 Å². The Morgan fingerprint density at radius 3 is 3.00 bits per heavy atom. The number of hydrogen-bond donors (Lipinski definition) is 1. The van der Waals surface area contributed by atoms with Gasteiger partial charge in [0.25, 0.3) is 5.91 Å². The molecule has 0 aliphatic heterocycles. The Balaban J connectivity index is 1.66. The monoisotopic (exact) mass is 361 g/mol. The van der Waals surface area contributed by atoms with Crippen molar-refractivity contribution in [1.29, 1.82) is 0 Å². The van der Waals surface area contributed by atoms with Gasteiger partial charge in [-0.3, -0.25) is 9.48 Å². The van der Waals surface area contributed by atoms with Gasteiger partial charge in [0, 0.05) is 18.2 Å². The first-order valence-electron chi connectivity index (χ1n) is 8.81. The molecule has 0 unspecified atom stereocenters. The van der Waals surface area contributed by atoms with Crippen molar-refractivity contribution in [3.63, 3.8) is 0 Å². The molecule has 0 saturated heterocycles. The molecule has 0 spiro atoms. The van der Waals surface area contributed by atoms with Gasteiger partial charge in [0.2, 0.25) is 0 Å². The van der Waals surface area contributed by atoms with Crippen molar-refractivity contribution in [2.45, 2.75) is 46.6 Å². The Labute approximate surface area is 153 Å². The number of nitrogens with zero attached hydrogens (tertiary/aromatic N) is 2. The van der Waals surface area contributed by atoms with Crippen molar-refractivity contribution in [1.82, 2.24) is 9.78 Å². The van der Waals surface area contributed by atoms with Crippen molar-refractivity contribution in [3.05, 3.63) is 33.8 Å². The Bertz CT molecular complexity index is 742. The zero-order chi connectivity index (χ0) is 18.0. The third-order valence-electron chi connectivity index (χ3n) is 4.95. The van der Waals surface area contributed by atoms with Gasteiger partial charge in [0.05, 0.1) is 29.9 Å². The minimum absolute atomic E-state index is 0.0435. The van der Waals surface area contributed by atoms with Crippen LogP contribution in [0.4, 0.5) is 5.69 Å². The minimum atomic E-state index is -0.0435. The summed E-state index contributed by atoms with van der Waals surface area (Å²) in [5.74, 6) is 0.641. The SMILES string of the molecule is COCCn1cc(NC(=O)c2cc3c(s2)CC[C@@H](C(C)(C)C)C3)cn1. The van der Waals surface area contributed by atoms with E-state index in [9.17, 15) is 4.79 Å². The van der Waals surface area contributed by atoms with Crippen LogP contribution in [-0.4, -0.2) is 29.4 Å². The molecule has 1 amide bonds. The Kier molecular flexibility index (Phi) is 5.29. The summed E-state index contributed by atoms with van der Waals surface area (Å²) in [6.45, 7) is 8.20. The Morgan fingerprint density at radius 2 is 2.28 bits per heavy atom. The van der Waals surface area contributed by atoms with Crippen molar-refractivity contribution in [2.75, 3.05) is 19.0 Å². The highest BCUT2D eigenvalue weighted by molar-refractivity contribution is 7.14. The van der Waals surface area contributed by atoms with E-state index in [2.05, 4.69) is 37.3 Å². The van der Waals surface area contributed by atoms with Gasteiger partial charge in [-0.05, 0) is 42.2 Å². The normalized spacial score (nSPS) is 17.4. The van der Waals surface area contributed by atoms with Gasteiger partial charge in [-0.25, -0.2) is 0 Å². The fourth-order valence-electron chi connectivity index (χ4n) is 3.30. The van der Waals surface area contributed by atoms with Gasteiger partial charge in [0.1, 0.15) is 0 Å². The van der Waals surface area contributed by atoms with Crippen LogP contribution in [0.2, 0.25) is 0 Å². The van der Waals surface area contributed by atoms with Crippen molar-refractivity contribution >= 4 is 22.9 Å². The number of aromatic nitrogens is 2. The topological polar surface area (TPSA) is 56.1 Å². The Hall–Kier alpha value is -1.66. The van der Waals surface area contributed by atoms with Crippen molar-refractivity contribution in [3.8, 4) is 0 Å². The molecule has 1 aliphatic rings. The fourth-order valence-corrected chi connectivity index (χ4v) is 4.41. The molecule has 0 fully saturated rings. The summed E-state index contributed by atoms with van der Waals surface area (Å²) in [6, 6.07) is 2.09. The minimum Gasteiger partial charge on any atom is -0.383 e. The largest absolute Gasteiger partial charge is 0.383 e. The second kappa shape index (κ2) is 7.30. The second-order valence-corrected chi connectivity index (χ2v) is 8.94. The number of rotatable bonds is 5. The molecule has 2 aromatic heterocycles. The third kappa shape index (κ3) is 4.30. The average molecular weight is 362 g/mol. The van der Waals surface area contributed by atoms with E-state index in [4.69, 9.17) is 4.74 Å². The molecule has 2 aromatic rings. The number of nitrogens with one attached hydrogen (secondary N) is 1. The average Bonchev–Trinajstić information content (AvgIpc) is 3.17. The smallest absolute Gasteiger partial charge is 0.265 e. The quantitative estimate of drug-likeness (QED) is 0.876. The van der Waals surface area contributed by atoms with Crippen LogP contribution >= 0.6 is 11.3 Å². The molecule has 5 nitrogen and oxygen atoms in total. The van der Waals surface area contributed by atoms with Crippen LogP contribution in [0.25, 0.3) is 0 Å². The fraction of sp³-hybridized carbons (Fsp3) is 0.579. The lowest BCUT2D eigenvalue weighted by molar-refractivity contribution is 0.103. The molecule has 136 valence electrons. The van der Waals surface area contributed by atoms with Crippen LogP contribution in [0.1, 0.15) is 47.3 Å². The maximum absolute atomic E-state index is 12.6. The third-order valence-corrected chi connectivity index (χ3v) is 6.18. The molecule has 6 heteroatoms. The van der Waals surface area contributed by atoms with Crippen LogP contribution < -0.4 is 5.32 Å². The maximum Gasteiger partial charge on any atom is 0.265 e. The summed E-state index contributed by atoms with van der Waals surface area (Å²) in [5.41, 5.74) is 2.40. The summed E-state index contributed by atoms with van der Waals surface area (Å²) >= 11 is 1.64. The first kappa shape index (κ1) is 18.1. The first-order chi connectivity index (χ1) is 11.9. The van der Waals surface area contributed by atoms with Gasteiger partial charge >= 0.3 is 0 Å².